The van der Waals surface area contributed by atoms with Gasteiger partial charge < -0.3 is 16.2 Å². The first-order chi connectivity index (χ1) is 7.36. The number of benzene rings is 1. The number of hydrogen-bond donors (Lipinski definition) is 2. The minimum atomic E-state index is -4.58. The summed E-state index contributed by atoms with van der Waals surface area (Å²) in [5.41, 5.74) is 8.73. The second-order valence-corrected chi connectivity index (χ2v) is 2.89. The first-order valence-electron chi connectivity index (χ1n) is 4.20. The lowest BCUT2D eigenvalue weighted by Crippen LogP contribution is -2.22. The van der Waals surface area contributed by atoms with Gasteiger partial charge in [-0.25, -0.2) is 4.99 Å². The molecule has 0 saturated carbocycles. The van der Waals surface area contributed by atoms with Crippen molar-refractivity contribution in [2.24, 2.45) is 16.5 Å². The molecule has 1 aromatic carbocycles. The Morgan fingerprint density at radius 2 is 1.94 bits per heavy atom. The molecule has 0 bridgehead atoms. The minimum absolute atomic E-state index is 0.324. The Balaban J connectivity index is 3.44. The molecule has 0 atom stereocenters. The highest BCUT2D eigenvalue weighted by atomic mass is 19.4. The molecule has 88 valence electrons. The Labute approximate surface area is 89.7 Å². The van der Waals surface area contributed by atoms with Gasteiger partial charge in [-0.15, -0.1) is 0 Å². The molecular weight excluding hydrogens is 223 g/mol. The molecule has 4 nitrogen and oxygen atoms in total. The highest BCUT2D eigenvalue weighted by Gasteiger charge is 2.37. The summed E-state index contributed by atoms with van der Waals surface area (Å²) < 4.78 is 42.8. The molecule has 1 rings (SSSR count). The summed E-state index contributed by atoms with van der Waals surface area (Å²) >= 11 is 0. The number of rotatable bonds is 2. The predicted octanol–water partition coefficient (Wildman–Crippen LogP) is 1.62. The van der Waals surface area contributed by atoms with Gasteiger partial charge in [-0.1, -0.05) is 6.07 Å². The highest BCUT2D eigenvalue weighted by molar-refractivity contribution is 5.80. The van der Waals surface area contributed by atoms with Gasteiger partial charge in [0, 0.05) is 0 Å². The lowest BCUT2D eigenvalue weighted by atomic mass is 10.1. The van der Waals surface area contributed by atoms with E-state index in [9.17, 15) is 13.2 Å². The SMILES string of the molecule is COc1cccc(N=C(N)N)c1C(F)(F)F. The molecule has 0 aromatic heterocycles. The molecule has 0 amide bonds. The molecule has 0 aliphatic carbocycles. The van der Waals surface area contributed by atoms with Gasteiger partial charge in [0.2, 0.25) is 0 Å². The van der Waals surface area contributed by atoms with Crippen LogP contribution in [-0.4, -0.2) is 13.1 Å². The maximum absolute atomic E-state index is 12.7. The molecule has 16 heavy (non-hydrogen) atoms. The third-order valence-corrected chi connectivity index (χ3v) is 1.76. The van der Waals surface area contributed by atoms with Crippen molar-refractivity contribution in [1.82, 2.24) is 0 Å². The van der Waals surface area contributed by atoms with Crippen molar-refractivity contribution >= 4 is 11.6 Å². The second kappa shape index (κ2) is 4.30. The van der Waals surface area contributed by atoms with Crippen molar-refractivity contribution in [3.63, 3.8) is 0 Å². The van der Waals surface area contributed by atoms with E-state index in [4.69, 9.17) is 11.5 Å². The highest BCUT2D eigenvalue weighted by Crippen LogP contribution is 2.42. The van der Waals surface area contributed by atoms with E-state index in [0.717, 1.165) is 13.2 Å². The molecule has 4 N–H and O–H groups in total. The van der Waals surface area contributed by atoms with Gasteiger partial charge in [-0.3, -0.25) is 0 Å². The summed E-state index contributed by atoms with van der Waals surface area (Å²) in [7, 11) is 1.14. The van der Waals surface area contributed by atoms with Crippen LogP contribution in [-0.2, 0) is 6.18 Å². The molecular formula is C9H10F3N3O. The zero-order chi connectivity index (χ0) is 12.3. The first-order valence-corrected chi connectivity index (χ1v) is 4.20. The fourth-order valence-electron chi connectivity index (χ4n) is 1.21. The van der Waals surface area contributed by atoms with Gasteiger partial charge in [-0.05, 0) is 12.1 Å². The summed E-state index contributed by atoms with van der Waals surface area (Å²) in [6.07, 6.45) is -4.58. The molecule has 0 radical (unpaired) electrons. The Kier molecular flexibility index (Phi) is 3.26. The fourth-order valence-corrected chi connectivity index (χ4v) is 1.21. The average Bonchev–Trinajstić information content (AvgIpc) is 2.14. The topological polar surface area (TPSA) is 73.6 Å². The van der Waals surface area contributed by atoms with Crippen molar-refractivity contribution in [2.75, 3.05) is 7.11 Å². The minimum Gasteiger partial charge on any atom is -0.496 e. The van der Waals surface area contributed by atoms with Gasteiger partial charge >= 0.3 is 6.18 Å². The zero-order valence-corrected chi connectivity index (χ0v) is 8.38. The Bertz CT molecular complexity index is 411. The Morgan fingerprint density at radius 3 is 2.38 bits per heavy atom. The van der Waals surface area contributed by atoms with Gasteiger partial charge in [0.15, 0.2) is 5.96 Å². The summed E-state index contributed by atoms with van der Waals surface area (Å²) in [6.45, 7) is 0. The van der Waals surface area contributed by atoms with Crippen LogP contribution in [0.5, 0.6) is 5.75 Å². The molecule has 0 saturated heterocycles. The average molecular weight is 233 g/mol. The van der Waals surface area contributed by atoms with Crippen molar-refractivity contribution < 1.29 is 17.9 Å². The van der Waals surface area contributed by atoms with Crippen LogP contribution in [0.2, 0.25) is 0 Å². The number of nitrogens with zero attached hydrogens (tertiary/aromatic N) is 1. The molecule has 0 aliphatic rings. The van der Waals surface area contributed by atoms with Crippen LogP contribution in [0, 0.1) is 0 Å². The quantitative estimate of drug-likeness (QED) is 0.602. The second-order valence-electron chi connectivity index (χ2n) is 2.89. The van der Waals surface area contributed by atoms with Crippen LogP contribution in [0.4, 0.5) is 18.9 Å². The van der Waals surface area contributed by atoms with Crippen molar-refractivity contribution in [1.29, 1.82) is 0 Å². The van der Waals surface area contributed by atoms with E-state index in [2.05, 4.69) is 9.73 Å². The van der Waals surface area contributed by atoms with Crippen molar-refractivity contribution in [3.8, 4) is 5.75 Å². The third-order valence-electron chi connectivity index (χ3n) is 1.76. The van der Waals surface area contributed by atoms with E-state index in [1.165, 1.54) is 12.1 Å². The van der Waals surface area contributed by atoms with E-state index in [-0.39, 0.29) is 11.4 Å². The third kappa shape index (κ3) is 2.56. The molecule has 7 heteroatoms. The summed E-state index contributed by atoms with van der Waals surface area (Å²) in [6, 6.07) is 3.72. The molecule has 0 fully saturated rings. The fraction of sp³-hybridized carbons (Fsp3) is 0.222. The standard InChI is InChI=1S/C9H10F3N3O/c1-16-6-4-2-3-5(15-8(13)14)7(6)9(10,11)12/h2-4H,1H3,(H4,13,14,15). The lowest BCUT2D eigenvalue weighted by molar-refractivity contribution is -0.138. The molecule has 0 unspecified atom stereocenters. The Hall–Kier alpha value is -1.92. The first kappa shape index (κ1) is 12.2. The van der Waals surface area contributed by atoms with Gasteiger partial charge in [0.1, 0.15) is 11.3 Å². The maximum Gasteiger partial charge on any atom is 0.422 e. The number of methoxy groups -OCH3 is 1. The van der Waals surface area contributed by atoms with Gasteiger partial charge in [0.25, 0.3) is 0 Å². The Morgan fingerprint density at radius 1 is 1.31 bits per heavy atom. The normalized spacial score (nSPS) is 11.0. The van der Waals surface area contributed by atoms with Crippen LogP contribution in [0.15, 0.2) is 23.2 Å². The number of alkyl halides is 3. The van der Waals surface area contributed by atoms with Gasteiger partial charge in [-0.2, -0.15) is 13.2 Å². The monoisotopic (exact) mass is 233 g/mol. The van der Waals surface area contributed by atoms with E-state index in [1.807, 2.05) is 0 Å². The van der Waals surface area contributed by atoms with E-state index in [1.54, 1.807) is 0 Å². The largest absolute Gasteiger partial charge is 0.496 e. The zero-order valence-electron chi connectivity index (χ0n) is 8.38. The number of aliphatic imine (C=N–C) groups is 1. The van der Waals surface area contributed by atoms with Crippen LogP contribution in [0.1, 0.15) is 5.56 Å². The summed E-state index contributed by atoms with van der Waals surface area (Å²) in [5.74, 6) is -0.770. The number of halogens is 3. The van der Waals surface area contributed by atoms with Crippen LogP contribution < -0.4 is 16.2 Å². The molecule has 0 aliphatic heterocycles. The maximum atomic E-state index is 12.7. The van der Waals surface area contributed by atoms with Crippen LogP contribution in [0.3, 0.4) is 0 Å². The van der Waals surface area contributed by atoms with Crippen molar-refractivity contribution in [2.45, 2.75) is 6.18 Å². The van der Waals surface area contributed by atoms with E-state index >= 15 is 0 Å². The van der Waals surface area contributed by atoms with E-state index in [0.29, 0.717) is 0 Å². The summed E-state index contributed by atoms with van der Waals surface area (Å²) in [4.78, 5) is 3.41. The molecule has 0 spiro atoms. The molecule has 1 aromatic rings. The number of hydrogen-bond acceptors (Lipinski definition) is 2. The number of guanidine groups is 1. The summed E-state index contributed by atoms with van der Waals surface area (Å²) in [5, 5.41) is 0. The predicted molar refractivity (Wildman–Crippen MR) is 53.5 cm³/mol. The lowest BCUT2D eigenvalue weighted by Gasteiger charge is -2.13. The van der Waals surface area contributed by atoms with Crippen LogP contribution in [0.25, 0.3) is 0 Å². The van der Waals surface area contributed by atoms with Crippen molar-refractivity contribution in [3.05, 3.63) is 23.8 Å². The smallest absolute Gasteiger partial charge is 0.422 e. The van der Waals surface area contributed by atoms with E-state index < -0.39 is 17.7 Å². The number of ether oxygens (including phenoxy) is 1. The van der Waals surface area contributed by atoms with Gasteiger partial charge in [0.05, 0.1) is 12.8 Å². The molecule has 0 heterocycles. The van der Waals surface area contributed by atoms with Crippen LogP contribution >= 0.6 is 0 Å². The number of nitrogens with two attached hydrogens (primary N) is 2.